The Labute approximate surface area is 139 Å². The molecule has 0 fully saturated rings. The van der Waals surface area contributed by atoms with Gasteiger partial charge >= 0.3 is 5.97 Å². The van der Waals surface area contributed by atoms with E-state index < -0.39 is 17.4 Å². The van der Waals surface area contributed by atoms with E-state index in [1.54, 1.807) is 25.1 Å². The van der Waals surface area contributed by atoms with Gasteiger partial charge in [-0.05, 0) is 35.7 Å². The standard InChI is InChI=1S/C19H16N2O3/c1-12-15(11-20)7-4-8-16(12)17(22)21-19(18(23)24)9-13-5-2-3-6-14(13)10-19/h2-8H,9-10H2,1H3,(H,21,22)(H,23,24). The van der Waals surface area contributed by atoms with Gasteiger partial charge in [-0.15, -0.1) is 0 Å². The number of carbonyl (C=O) groups excluding carboxylic acids is 1. The smallest absolute Gasteiger partial charge is 0.330 e. The van der Waals surface area contributed by atoms with Crippen molar-refractivity contribution in [3.63, 3.8) is 0 Å². The highest BCUT2D eigenvalue weighted by molar-refractivity contribution is 5.99. The summed E-state index contributed by atoms with van der Waals surface area (Å²) in [5, 5.41) is 21.5. The van der Waals surface area contributed by atoms with Crippen LogP contribution in [0.3, 0.4) is 0 Å². The van der Waals surface area contributed by atoms with Gasteiger partial charge in [-0.25, -0.2) is 4.79 Å². The molecule has 0 saturated carbocycles. The highest BCUT2D eigenvalue weighted by Crippen LogP contribution is 2.31. The van der Waals surface area contributed by atoms with Gasteiger partial charge in [0.05, 0.1) is 11.6 Å². The van der Waals surface area contributed by atoms with Gasteiger partial charge in [0.1, 0.15) is 5.54 Å². The van der Waals surface area contributed by atoms with Gasteiger partial charge in [-0.2, -0.15) is 5.26 Å². The third kappa shape index (κ3) is 2.52. The van der Waals surface area contributed by atoms with Crippen molar-refractivity contribution in [3.8, 4) is 6.07 Å². The molecule has 0 bridgehead atoms. The number of aliphatic carboxylic acids is 1. The number of hydrogen-bond donors (Lipinski definition) is 2. The lowest BCUT2D eigenvalue weighted by Gasteiger charge is -2.26. The van der Waals surface area contributed by atoms with Crippen molar-refractivity contribution in [1.82, 2.24) is 5.32 Å². The van der Waals surface area contributed by atoms with Crippen LogP contribution in [0.2, 0.25) is 0 Å². The molecule has 0 saturated heterocycles. The third-order valence-electron chi connectivity index (χ3n) is 4.56. The lowest BCUT2D eigenvalue weighted by Crippen LogP contribution is -2.55. The summed E-state index contributed by atoms with van der Waals surface area (Å²) >= 11 is 0. The van der Waals surface area contributed by atoms with Crippen LogP contribution in [0.25, 0.3) is 0 Å². The van der Waals surface area contributed by atoms with Gasteiger partial charge in [0, 0.05) is 18.4 Å². The summed E-state index contributed by atoms with van der Waals surface area (Å²) in [6, 6.07) is 14.4. The predicted molar refractivity (Wildman–Crippen MR) is 87.6 cm³/mol. The van der Waals surface area contributed by atoms with Gasteiger partial charge in [0.2, 0.25) is 0 Å². The Balaban J connectivity index is 1.93. The fourth-order valence-corrected chi connectivity index (χ4v) is 3.20. The van der Waals surface area contributed by atoms with Crippen molar-refractivity contribution in [1.29, 1.82) is 5.26 Å². The molecule has 120 valence electrons. The monoisotopic (exact) mass is 320 g/mol. The Morgan fingerprint density at radius 3 is 2.29 bits per heavy atom. The second kappa shape index (κ2) is 5.82. The van der Waals surface area contributed by atoms with Crippen molar-refractivity contribution >= 4 is 11.9 Å². The van der Waals surface area contributed by atoms with Crippen molar-refractivity contribution in [2.45, 2.75) is 25.3 Å². The average molecular weight is 320 g/mol. The number of nitriles is 1. The van der Waals surface area contributed by atoms with Crippen molar-refractivity contribution in [3.05, 3.63) is 70.3 Å². The topological polar surface area (TPSA) is 90.2 Å². The van der Waals surface area contributed by atoms with Gasteiger partial charge in [-0.1, -0.05) is 30.3 Å². The zero-order valence-corrected chi connectivity index (χ0v) is 13.2. The predicted octanol–water partition coefficient (Wildman–Crippen LogP) is 2.22. The maximum Gasteiger partial charge on any atom is 0.330 e. The molecule has 1 aliphatic carbocycles. The molecule has 0 spiro atoms. The number of nitrogens with zero attached hydrogens (tertiary/aromatic N) is 1. The first-order chi connectivity index (χ1) is 11.5. The molecule has 0 aliphatic heterocycles. The zero-order valence-electron chi connectivity index (χ0n) is 13.2. The summed E-state index contributed by atoms with van der Waals surface area (Å²) in [4.78, 5) is 24.6. The zero-order chi connectivity index (χ0) is 17.3. The number of hydrogen-bond acceptors (Lipinski definition) is 3. The number of rotatable bonds is 3. The van der Waals surface area contributed by atoms with Crippen molar-refractivity contribution in [2.75, 3.05) is 0 Å². The van der Waals surface area contributed by atoms with E-state index >= 15 is 0 Å². The highest BCUT2D eigenvalue weighted by Gasteiger charge is 2.45. The van der Waals surface area contributed by atoms with Crippen molar-refractivity contribution in [2.24, 2.45) is 0 Å². The number of nitrogens with one attached hydrogen (secondary N) is 1. The van der Waals surface area contributed by atoms with Crippen LogP contribution in [0.4, 0.5) is 0 Å². The number of amides is 1. The first-order valence-corrected chi connectivity index (χ1v) is 7.59. The van der Waals surface area contributed by atoms with Crippen LogP contribution in [0.15, 0.2) is 42.5 Å². The largest absolute Gasteiger partial charge is 0.479 e. The van der Waals surface area contributed by atoms with Gasteiger partial charge in [-0.3, -0.25) is 4.79 Å². The summed E-state index contributed by atoms with van der Waals surface area (Å²) in [5.74, 6) is -1.53. The lowest BCUT2D eigenvalue weighted by molar-refractivity contribution is -0.144. The molecule has 1 aliphatic rings. The molecule has 0 radical (unpaired) electrons. The van der Waals surface area contributed by atoms with Gasteiger partial charge in [0.25, 0.3) is 5.91 Å². The molecule has 2 aromatic carbocycles. The second-order valence-corrected chi connectivity index (χ2v) is 6.05. The van der Waals surface area contributed by atoms with E-state index in [1.807, 2.05) is 30.3 Å². The Kier molecular flexibility index (Phi) is 3.82. The van der Waals surface area contributed by atoms with Crippen LogP contribution in [0, 0.1) is 18.3 Å². The fourth-order valence-electron chi connectivity index (χ4n) is 3.20. The van der Waals surface area contributed by atoms with E-state index in [1.165, 1.54) is 0 Å². The molecule has 1 amide bonds. The minimum atomic E-state index is -1.35. The van der Waals surface area contributed by atoms with E-state index in [9.17, 15) is 14.7 Å². The minimum Gasteiger partial charge on any atom is -0.479 e. The molecular formula is C19H16N2O3. The van der Waals surface area contributed by atoms with Crippen LogP contribution >= 0.6 is 0 Å². The van der Waals surface area contributed by atoms with Crippen LogP contribution in [-0.2, 0) is 17.6 Å². The van der Waals surface area contributed by atoms with E-state index in [0.29, 0.717) is 16.7 Å². The van der Waals surface area contributed by atoms with Gasteiger partial charge in [0.15, 0.2) is 0 Å². The maximum absolute atomic E-state index is 12.7. The second-order valence-electron chi connectivity index (χ2n) is 6.05. The Bertz CT molecular complexity index is 855. The summed E-state index contributed by atoms with van der Waals surface area (Å²) in [7, 11) is 0. The third-order valence-corrected chi connectivity index (χ3v) is 4.56. The molecule has 3 rings (SSSR count). The normalized spacial score (nSPS) is 14.5. The molecule has 2 N–H and O–H groups in total. The summed E-state index contributed by atoms with van der Waals surface area (Å²) < 4.78 is 0. The molecule has 0 unspecified atom stereocenters. The van der Waals surface area contributed by atoms with Gasteiger partial charge < -0.3 is 10.4 Å². The molecule has 5 heteroatoms. The van der Waals surface area contributed by atoms with Crippen LogP contribution in [-0.4, -0.2) is 22.5 Å². The van der Waals surface area contributed by atoms with Crippen LogP contribution in [0.1, 0.15) is 32.6 Å². The number of fused-ring (bicyclic) bond motifs is 1. The summed E-state index contributed by atoms with van der Waals surface area (Å²) in [5.41, 5.74) is 1.79. The number of carboxylic acid groups (broad SMARTS) is 1. The van der Waals surface area contributed by atoms with E-state index in [0.717, 1.165) is 11.1 Å². The van der Waals surface area contributed by atoms with E-state index in [-0.39, 0.29) is 12.8 Å². The molecular weight excluding hydrogens is 304 g/mol. The molecule has 5 nitrogen and oxygen atoms in total. The summed E-state index contributed by atoms with van der Waals surface area (Å²) in [6.45, 7) is 1.68. The van der Waals surface area contributed by atoms with Crippen LogP contribution < -0.4 is 5.32 Å². The molecule has 0 aromatic heterocycles. The van der Waals surface area contributed by atoms with E-state index in [4.69, 9.17) is 5.26 Å². The first-order valence-electron chi connectivity index (χ1n) is 7.59. The Morgan fingerprint density at radius 1 is 1.12 bits per heavy atom. The Hall–Kier alpha value is -3.13. The number of carboxylic acids is 1. The minimum absolute atomic E-state index is 0.251. The Morgan fingerprint density at radius 2 is 1.75 bits per heavy atom. The molecule has 0 heterocycles. The van der Waals surface area contributed by atoms with E-state index in [2.05, 4.69) is 5.32 Å². The molecule has 24 heavy (non-hydrogen) atoms. The quantitative estimate of drug-likeness (QED) is 0.907. The van der Waals surface area contributed by atoms with Crippen LogP contribution in [0.5, 0.6) is 0 Å². The fraction of sp³-hybridized carbons (Fsp3) is 0.211. The number of benzene rings is 2. The SMILES string of the molecule is Cc1c(C#N)cccc1C(=O)NC1(C(=O)O)Cc2ccccc2C1. The first kappa shape index (κ1) is 15.8. The molecule has 2 aromatic rings. The summed E-state index contributed by atoms with van der Waals surface area (Å²) in [6.07, 6.45) is 0.502. The molecule has 0 atom stereocenters. The lowest BCUT2D eigenvalue weighted by atomic mass is 9.94. The average Bonchev–Trinajstić information content (AvgIpc) is 2.94. The maximum atomic E-state index is 12.7. The number of carbonyl (C=O) groups is 2. The van der Waals surface area contributed by atoms with Crippen molar-refractivity contribution < 1.29 is 14.7 Å². The highest BCUT2D eigenvalue weighted by atomic mass is 16.4.